The van der Waals surface area contributed by atoms with Gasteiger partial charge in [0, 0.05) is 18.0 Å². The smallest absolute Gasteiger partial charge is 0.366 e. The van der Waals surface area contributed by atoms with Crippen molar-refractivity contribution in [1.29, 1.82) is 0 Å². The Morgan fingerprint density at radius 1 is 1.47 bits per heavy atom. The highest BCUT2D eigenvalue weighted by Gasteiger charge is 2.37. The standard InChI is InChI=1S/C9H7F3N4O/c1-4-6(9(10,11)12)15-16-3-5(7(13)17)2-14-8(4)16/h2-3H,1H3,(H2,13,17). The van der Waals surface area contributed by atoms with Crippen LogP contribution in [0.4, 0.5) is 13.2 Å². The molecule has 0 spiro atoms. The number of hydrogen-bond acceptors (Lipinski definition) is 3. The van der Waals surface area contributed by atoms with E-state index in [0.29, 0.717) is 0 Å². The molecule has 0 aliphatic heterocycles. The van der Waals surface area contributed by atoms with E-state index in [0.717, 1.165) is 16.9 Å². The fraction of sp³-hybridized carbons (Fsp3) is 0.222. The zero-order valence-electron chi connectivity index (χ0n) is 8.62. The van der Waals surface area contributed by atoms with Crippen molar-refractivity contribution in [2.75, 3.05) is 0 Å². The highest BCUT2D eigenvalue weighted by atomic mass is 19.4. The van der Waals surface area contributed by atoms with Crippen molar-refractivity contribution in [3.63, 3.8) is 0 Å². The van der Waals surface area contributed by atoms with Crippen LogP contribution in [0.25, 0.3) is 5.65 Å². The number of primary amides is 1. The normalized spacial score (nSPS) is 12.0. The predicted molar refractivity (Wildman–Crippen MR) is 51.2 cm³/mol. The molecule has 0 bridgehead atoms. The van der Waals surface area contributed by atoms with Gasteiger partial charge in [-0.05, 0) is 6.92 Å². The van der Waals surface area contributed by atoms with Crippen LogP contribution in [0.15, 0.2) is 12.4 Å². The number of carbonyl (C=O) groups is 1. The topological polar surface area (TPSA) is 73.3 Å². The van der Waals surface area contributed by atoms with Gasteiger partial charge in [0.15, 0.2) is 11.3 Å². The number of fused-ring (bicyclic) bond motifs is 1. The summed E-state index contributed by atoms with van der Waals surface area (Å²) in [4.78, 5) is 14.6. The maximum absolute atomic E-state index is 12.6. The van der Waals surface area contributed by atoms with E-state index in [1.807, 2.05) is 0 Å². The van der Waals surface area contributed by atoms with E-state index in [9.17, 15) is 18.0 Å². The molecule has 2 aromatic heterocycles. The Bertz CT molecular complexity index is 602. The minimum Gasteiger partial charge on any atom is -0.366 e. The van der Waals surface area contributed by atoms with Gasteiger partial charge >= 0.3 is 6.18 Å². The monoisotopic (exact) mass is 244 g/mol. The van der Waals surface area contributed by atoms with Crippen LogP contribution in [0.1, 0.15) is 21.6 Å². The molecule has 0 saturated heterocycles. The molecule has 5 nitrogen and oxygen atoms in total. The molecule has 0 fully saturated rings. The number of nitrogens with two attached hydrogens (primary N) is 1. The number of halogens is 3. The Kier molecular flexibility index (Phi) is 2.30. The van der Waals surface area contributed by atoms with Crippen molar-refractivity contribution in [2.24, 2.45) is 5.73 Å². The zero-order valence-corrected chi connectivity index (χ0v) is 8.62. The first kappa shape index (κ1) is 11.4. The van der Waals surface area contributed by atoms with E-state index in [2.05, 4.69) is 10.1 Å². The number of amides is 1. The van der Waals surface area contributed by atoms with Gasteiger partial charge in [0.2, 0.25) is 0 Å². The summed E-state index contributed by atoms with van der Waals surface area (Å²) < 4.78 is 38.6. The molecule has 0 aliphatic rings. The first-order chi connectivity index (χ1) is 7.80. The van der Waals surface area contributed by atoms with E-state index in [-0.39, 0.29) is 16.8 Å². The van der Waals surface area contributed by atoms with E-state index in [4.69, 9.17) is 5.73 Å². The Hall–Kier alpha value is -2.12. The Morgan fingerprint density at radius 3 is 2.65 bits per heavy atom. The molecule has 0 aliphatic carbocycles. The summed E-state index contributed by atoms with van der Waals surface area (Å²) in [6.07, 6.45) is -2.32. The van der Waals surface area contributed by atoms with Crippen molar-refractivity contribution in [2.45, 2.75) is 13.1 Å². The highest BCUT2D eigenvalue weighted by Crippen LogP contribution is 2.31. The van der Waals surface area contributed by atoms with Crippen LogP contribution >= 0.6 is 0 Å². The lowest BCUT2D eigenvalue weighted by Gasteiger charge is -2.01. The summed E-state index contributed by atoms with van der Waals surface area (Å²) in [6, 6.07) is 0. The molecule has 2 rings (SSSR count). The van der Waals surface area contributed by atoms with E-state index in [1.54, 1.807) is 0 Å². The van der Waals surface area contributed by atoms with E-state index < -0.39 is 17.8 Å². The van der Waals surface area contributed by atoms with Crippen LogP contribution in [0.3, 0.4) is 0 Å². The van der Waals surface area contributed by atoms with E-state index >= 15 is 0 Å². The second-order valence-electron chi connectivity index (χ2n) is 3.45. The highest BCUT2D eigenvalue weighted by molar-refractivity contribution is 5.92. The molecule has 90 valence electrons. The van der Waals surface area contributed by atoms with Crippen LogP contribution in [0, 0.1) is 6.92 Å². The lowest BCUT2D eigenvalue weighted by atomic mass is 10.2. The van der Waals surface area contributed by atoms with Crippen molar-refractivity contribution < 1.29 is 18.0 Å². The number of aromatic nitrogens is 3. The number of aryl methyl sites for hydroxylation is 1. The molecular weight excluding hydrogens is 237 g/mol. The van der Waals surface area contributed by atoms with Gasteiger partial charge < -0.3 is 5.73 Å². The minimum atomic E-state index is -4.55. The van der Waals surface area contributed by atoms with Gasteiger partial charge in [-0.1, -0.05) is 0 Å². The van der Waals surface area contributed by atoms with Crippen LogP contribution in [-0.4, -0.2) is 20.5 Å². The zero-order chi connectivity index (χ0) is 12.8. The lowest BCUT2D eigenvalue weighted by molar-refractivity contribution is -0.141. The molecule has 2 heterocycles. The largest absolute Gasteiger partial charge is 0.435 e. The first-order valence-electron chi connectivity index (χ1n) is 4.52. The molecule has 2 aromatic rings. The second-order valence-corrected chi connectivity index (χ2v) is 3.45. The number of alkyl halides is 3. The van der Waals surface area contributed by atoms with Gasteiger partial charge in [-0.2, -0.15) is 18.3 Å². The third kappa shape index (κ3) is 1.81. The summed E-state index contributed by atoms with van der Waals surface area (Å²) in [5, 5.41) is 3.35. The van der Waals surface area contributed by atoms with Gasteiger partial charge in [0.25, 0.3) is 5.91 Å². The molecule has 0 aromatic carbocycles. The first-order valence-corrected chi connectivity index (χ1v) is 4.52. The third-order valence-electron chi connectivity index (χ3n) is 2.26. The van der Waals surface area contributed by atoms with Gasteiger partial charge in [0.05, 0.1) is 5.56 Å². The summed E-state index contributed by atoms with van der Waals surface area (Å²) in [7, 11) is 0. The molecule has 8 heteroatoms. The molecule has 0 radical (unpaired) electrons. The van der Waals surface area contributed by atoms with Crippen LogP contribution < -0.4 is 5.73 Å². The third-order valence-corrected chi connectivity index (χ3v) is 2.26. The van der Waals surface area contributed by atoms with Gasteiger partial charge in [-0.3, -0.25) is 4.79 Å². The molecule has 17 heavy (non-hydrogen) atoms. The van der Waals surface area contributed by atoms with Gasteiger partial charge in [0.1, 0.15) is 0 Å². The summed E-state index contributed by atoms with van der Waals surface area (Å²) in [6.45, 7) is 1.27. The van der Waals surface area contributed by atoms with Crippen LogP contribution in [0.5, 0.6) is 0 Å². The molecule has 1 amide bonds. The SMILES string of the molecule is Cc1c(C(F)(F)F)nn2cc(C(N)=O)cnc12. The predicted octanol–water partition coefficient (Wildman–Crippen LogP) is 1.16. The number of hydrogen-bond donors (Lipinski definition) is 1. The molecule has 0 atom stereocenters. The average molecular weight is 244 g/mol. The summed E-state index contributed by atoms with van der Waals surface area (Å²) in [5.41, 5.74) is 3.92. The quantitative estimate of drug-likeness (QED) is 0.817. The fourth-order valence-electron chi connectivity index (χ4n) is 1.45. The van der Waals surface area contributed by atoms with Gasteiger partial charge in [-0.25, -0.2) is 9.50 Å². The van der Waals surface area contributed by atoms with E-state index in [1.165, 1.54) is 6.92 Å². The van der Waals surface area contributed by atoms with Gasteiger partial charge in [-0.15, -0.1) is 0 Å². The van der Waals surface area contributed by atoms with Crippen molar-refractivity contribution in [3.05, 3.63) is 29.2 Å². The van der Waals surface area contributed by atoms with Crippen molar-refractivity contribution in [1.82, 2.24) is 14.6 Å². The maximum atomic E-state index is 12.6. The van der Waals surface area contributed by atoms with Crippen molar-refractivity contribution >= 4 is 11.6 Å². The Labute approximate surface area is 93.1 Å². The fourth-order valence-corrected chi connectivity index (χ4v) is 1.45. The average Bonchev–Trinajstić information content (AvgIpc) is 2.55. The lowest BCUT2D eigenvalue weighted by Crippen LogP contribution is -2.12. The summed E-state index contributed by atoms with van der Waals surface area (Å²) >= 11 is 0. The number of nitrogens with zero attached hydrogens (tertiary/aromatic N) is 3. The number of rotatable bonds is 1. The summed E-state index contributed by atoms with van der Waals surface area (Å²) in [5.74, 6) is -0.777. The van der Waals surface area contributed by atoms with Crippen LogP contribution in [0.2, 0.25) is 0 Å². The molecule has 0 saturated carbocycles. The second kappa shape index (κ2) is 3.44. The van der Waals surface area contributed by atoms with Crippen LogP contribution in [-0.2, 0) is 6.18 Å². The number of carbonyl (C=O) groups excluding carboxylic acids is 1. The maximum Gasteiger partial charge on any atom is 0.435 e. The van der Waals surface area contributed by atoms with Crippen molar-refractivity contribution in [3.8, 4) is 0 Å². The molecule has 0 unspecified atom stereocenters. The Morgan fingerprint density at radius 2 is 2.12 bits per heavy atom. The Balaban J connectivity index is 2.70. The molecular formula is C9H7F3N4O. The minimum absolute atomic E-state index is 0.00581. The molecule has 2 N–H and O–H groups in total.